The third-order valence-corrected chi connectivity index (χ3v) is 0. The molecule has 0 amide bonds. The standard InChI is InChI=1S/3NO3.Re/c3*2-1(3)4;/q3*-1;+3. The fourth-order valence-electron chi connectivity index (χ4n) is 0. The van der Waals surface area contributed by atoms with E-state index < -0.39 is 15.3 Å². The molecule has 0 bridgehead atoms. The van der Waals surface area contributed by atoms with Crippen LogP contribution in [-0.2, 0) is 20.4 Å². The normalized spacial score (nSPS) is 5.54. The van der Waals surface area contributed by atoms with Gasteiger partial charge < -0.3 is 46.0 Å². The summed E-state index contributed by atoms with van der Waals surface area (Å²) in [6.07, 6.45) is 0. The first-order valence-electron chi connectivity index (χ1n) is 1.64. The monoisotopic (exact) mass is 373 g/mol. The van der Waals surface area contributed by atoms with Crippen molar-refractivity contribution in [3.8, 4) is 0 Å². The van der Waals surface area contributed by atoms with E-state index in [0.717, 1.165) is 0 Å². The van der Waals surface area contributed by atoms with Crippen molar-refractivity contribution >= 4 is 0 Å². The largest absolute Gasteiger partial charge is 3.00 e. The Morgan fingerprint density at radius 2 is 0.538 bits per heavy atom. The van der Waals surface area contributed by atoms with Crippen LogP contribution in [0, 0.1) is 46.0 Å². The van der Waals surface area contributed by atoms with E-state index in [9.17, 15) is 0 Å². The van der Waals surface area contributed by atoms with Crippen molar-refractivity contribution in [2.24, 2.45) is 0 Å². The fourth-order valence-corrected chi connectivity index (χ4v) is 0. The maximum absolute atomic E-state index is 8.25. The summed E-state index contributed by atoms with van der Waals surface area (Å²) in [7, 11) is 0. The summed E-state index contributed by atoms with van der Waals surface area (Å²) in [5.74, 6) is 0. The first-order chi connectivity index (χ1) is 5.20. The van der Waals surface area contributed by atoms with Gasteiger partial charge in [-0.3, -0.25) is 0 Å². The third-order valence-electron chi connectivity index (χ3n) is 0. The van der Waals surface area contributed by atoms with Gasteiger partial charge in [0, 0.05) is 0 Å². The Morgan fingerprint density at radius 1 is 0.538 bits per heavy atom. The van der Waals surface area contributed by atoms with Crippen LogP contribution in [0.3, 0.4) is 0 Å². The summed E-state index contributed by atoms with van der Waals surface area (Å²) < 4.78 is 0. The maximum atomic E-state index is 8.25. The van der Waals surface area contributed by atoms with Gasteiger partial charge in [-0.2, -0.15) is 0 Å². The molecule has 0 rings (SSSR count). The van der Waals surface area contributed by atoms with Crippen molar-refractivity contribution in [1.82, 2.24) is 0 Å². The average Bonchev–Trinajstić information content (AvgIpc) is 1.54. The van der Waals surface area contributed by atoms with Crippen LogP contribution in [0.15, 0.2) is 0 Å². The van der Waals surface area contributed by atoms with Crippen molar-refractivity contribution in [2.45, 2.75) is 0 Å². The molecule has 0 saturated heterocycles. The van der Waals surface area contributed by atoms with Crippen molar-refractivity contribution in [1.29, 1.82) is 0 Å². The molecule has 0 saturated carbocycles. The Bertz CT molecular complexity index is 112. The van der Waals surface area contributed by atoms with Crippen molar-refractivity contribution in [3.05, 3.63) is 46.0 Å². The van der Waals surface area contributed by atoms with Crippen LogP contribution in [0.4, 0.5) is 0 Å². The van der Waals surface area contributed by atoms with E-state index in [1.807, 2.05) is 0 Å². The second-order valence-electron chi connectivity index (χ2n) is 0.671. The van der Waals surface area contributed by atoms with Crippen molar-refractivity contribution < 1.29 is 35.7 Å². The molecule has 0 aromatic heterocycles. The third kappa shape index (κ3) is 232. The van der Waals surface area contributed by atoms with Crippen molar-refractivity contribution in [2.75, 3.05) is 0 Å². The minimum absolute atomic E-state index is 0. The molecular formula is N3O9Re. The van der Waals surface area contributed by atoms with Gasteiger partial charge in [0.05, 0.1) is 15.3 Å². The predicted molar refractivity (Wildman–Crippen MR) is 31.1 cm³/mol. The van der Waals surface area contributed by atoms with E-state index in [0.29, 0.717) is 0 Å². The number of hydrogen-bond donors (Lipinski definition) is 0. The van der Waals surface area contributed by atoms with Crippen LogP contribution in [0.2, 0.25) is 0 Å². The summed E-state index contributed by atoms with van der Waals surface area (Å²) in [6.45, 7) is 0. The van der Waals surface area contributed by atoms with Gasteiger partial charge in [-0.05, 0) is 0 Å². The molecule has 0 aromatic rings. The zero-order chi connectivity index (χ0) is 10.7. The Hall–Kier alpha value is -1.74. The zero-order valence-corrected chi connectivity index (χ0v) is 8.11. The smallest absolute Gasteiger partial charge is 0.356 e. The van der Waals surface area contributed by atoms with Crippen LogP contribution in [0.25, 0.3) is 0 Å². The van der Waals surface area contributed by atoms with E-state index in [1.165, 1.54) is 0 Å². The first-order valence-corrected chi connectivity index (χ1v) is 1.64. The van der Waals surface area contributed by atoms with Gasteiger partial charge in [-0.25, -0.2) is 0 Å². The molecule has 0 N–H and O–H groups in total. The zero-order valence-electron chi connectivity index (χ0n) is 5.39. The molecule has 13 heavy (non-hydrogen) atoms. The van der Waals surface area contributed by atoms with Gasteiger partial charge >= 0.3 is 20.4 Å². The van der Waals surface area contributed by atoms with E-state index in [1.54, 1.807) is 0 Å². The molecule has 0 radical (unpaired) electrons. The van der Waals surface area contributed by atoms with Crippen molar-refractivity contribution in [3.63, 3.8) is 0 Å². The van der Waals surface area contributed by atoms with E-state index in [-0.39, 0.29) is 20.4 Å². The summed E-state index contributed by atoms with van der Waals surface area (Å²) >= 11 is 0. The van der Waals surface area contributed by atoms with Crippen LogP contribution in [0.5, 0.6) is 0 Å². The summed E-state index contributed by atoms with van der Waals surface area (Å²) in [6, 6.07) is 0. The average molecular weight is 372 g/mol. The molecule has 0 fully saturated rings. The molecule has 0 aromatic carbocycles. The molecule has 0 atom stereocenters. The second kappa shape index (κ2) is 16.7. The summed E-state index contributed by atoms with van der Waals surface area (Å²) in [5.41, 5.74) is 0. The maximum Gasteiger partial charge on any atom is 3.00 e. The van der Waals surface area contributed by atoms with Gasteiger partial charge in [-0.15, -0.1) is 0 Å². The molecule has 0 aliphatic rings. The Balaban J connectivity index is -0.0000000450. The van der Waals surface area contributed by atoms with Gasteiger partial charge in [0.25, 0.3) is 0 Å². The molecule has 0 aliphatic heterocycles. The number of rotatable bonds is 0. The molecule has 76 valence electrons. The Labute approximate surface area is 82.4 Å². The Morgan fingerprint density at radius 3 is 0.538 bits per heavy atom. The van der Waals surface area contributed by atoms with Gasteiger partial charge in [0.1, 0.15) is 0 Å². The molecular weight excluding hydrogens is 372 g/mol. The minimum atomic E-state index is -1.75. The van der Waals surface area contributed by atoms with Gasteiger partial charge in [0.2, 0.25) is 0 Å². The predicted octanol–water partition coefficient (Wildman–Crippen LogP) is -0.720. The minimum Gasteiger partial charge on any atom is -0.356 e. The fraction of sp³-hybridized carbons (Fsp3) is 0. The van der Waals surface area contributed by atoms with Crippen LogP contribution < -0.4 is 0 Å². The van der Waals surface area contributed by atoms with E-state index in [4.69, 9.17) is 46.0 Å². The molecule has 0 spiro atoms. The summed E-state index contributed by atoms with van der Waals surface area (Å²) in [4.78, 5) is 24.8. The molecule has 12 nitrogen and oxygen atoms in total. The Kier molecular flexibility index (Phi) is 28.9. The SMILES string of the molecule is O=[N+]([O-])[O-].O=[N+]([O-])[O-].O=[N+]([O-])[O-].[Re+3]. The van der Waals surface area contributed by atoms with E-state index in [2.05, 4.69) is 0 Å². The van der Waals surface area contributed by atoms with Gasteiger partial charge in [-0.1, -0.05) is 0 Å². The second-order valence-corrected chi connectivity index (χ2v) is 0.671. The quantitative estimate of drug-likeness (QED) is 0.388. The van der Waals surface area contributed by atoms with Crippen LogP contribution >= 0.6 is 0 Å². The van der Waals surface area contributed by atoms with Gasteiger partial charge in [0.15, 0.2) is 0 Å². The number of hydrogen-bond acceptors (Lipinski definition) is 9. The molecule has 0 unspecified atom stereocenters. The first kappa shape index (κ1) is 22.5. The summed E-state index contributed by atoms with van der Waals surface area (Å²) in [5, 5.41) is 44.2. The van der Waals surface area contributed by atoms with Crippen LogP contribution in [0.1, 0.15) is 0 Å². The van der Waals surface area contributed by atoms with E-state index >= 15 is 0 Å². The van der Waals surface area contributed by atoms with Crippen LogP contribution in [-0.4, -0.2) is 15.3 Å². The number of nitrogens with zero attached hydrogens (tertiary/aromatic N) is 3. The molecule has 13 heteroatoms. The topological polar surface area (TPSA) is 199 Å². The molecule has 0 aliphatic carbocycles. The molecule has 0 heterocycles.